The second-order valence-corrected chi connectivity index (χ2v) is 4.86. The average molecular weight is 202 g/mol. The molecule has 2 N–H and O–H groups in total. The minimum atomic E-state index is -3.03. The number of H-pyrrole nitrogens is 1. The number of nitrogens with one attached hydrogen (secondary N) is 2. The third-order valence-corrected chi connectivity index (χ3v) is 3.18. The smallest absolute Gasteiger partial charge is 0.211 e. The lowest BCUT2D eigenvalue weighted by molar-refractivity contribution is 0.583. The summed E-state index contributed by atoms with van der Waals surface area (Å²) in [5.74, 6) is 0.139. The summed E-state index contributed by atoms with van der Waals surface area (Å²) < 4.78 is 24.5. The summed E-state index contributed by atoms with van der Waals surface area (Å²) in [4.78, 5) is 2.91. The normalized spacial score (nSPS) is 11.8. The molecule has 0 saturated carbocycles. The maximum atomic E-state index is 11.0. The summed E-state index contributed by atoms with van der Waals surface area (Å²) in [7, 11) is -3.03. The minimum absolute atomic E-state index is 0.139. The summed E-state index contributed by atoms with van der Waals surface area (Å²) in [6.45, 7) is 2.09. The zero-order valence-electron chi connectivity index (χ0n) is 7.58. The summed E-state index contributed by atoms with van der Waals surface area (Å²) in [6, 6.07) is 1.93. The van der Waals surface area contributed by atoms with Crippen LogP contribution in [0.3, 0.4) is 0 Å². The van der Waals surface area contributed by atoms with Crippen molar-refractivity contribution in [1.82, 2.24) is 9.71 Å². The Morgan fingerprint density at radius 3 is 2.85 bits per heavy atom. The van der Waals surface area contributed by atoms with Gasteiger partial charge in [-0.05, 0) is 25.0 Å². The van der Waals surface area contributed by atoms with Crippen molar-refractivity contribution in [3.63, 3.8) is 0 Å². The molecule has 0 spiro atoms. The predicted octanol–water partition coefficient (Wildman–Crippen LogP) is 0.496. The Balaban J connectivity index is 2.30. The van der Waals surface area contributed by atoms with Gasteiger partial charge < -0.3 is 4.98 Å². The molecule has 1 aromatic rings. The highest BCUT2D eigenvalue weighted by atomic mass is 32.2. The van der Waals surface area contributed by atoms with E-state index >= 15 is 0 Å². The van der Waals surface area contributed by atoms with E-state index < -0.39 is 10.0 Å². The van der Waals surface area contributed by atoms with Crippen molar-refractivity contribution >= 4 is 10.0 Å². The van der Waals surface area contributed by atoms with E-state index in [1.165, 1.54) is 0 Å². The molecule has 0 saturated heterocycles. The molecular formula is C8H14N2O2S. The first-order chi connectivity index (χ1) is 6.14. The van der Waals surface area contributed by atoms with E-state index in [9.17, 15) is 8.42 Å². The number of aromatic amines is 1. The van der Waals surface area contributed by atoms with Gasteiger partial charge in [-0.25, -0.2) is 13.1 Å². The Hall–Kier alpha value is -0.810. The van der Waals surface area contributed by atoms with Crippen molar-refractivity contribution in [2.75, 3.05) is 12.3 Å². The van der Waals surface area contributed by atoms with Gasteiger partial charge in [-0.15, -0.1) is 0 Å². The number of rotatable bonds is 5. The summed E-state index contributed by atoms with van der Waals surface area (Å²) >= 11 is 0. The van der Waals surface area contributed by atoms with Gasteiger partial charge in [-0.3, -0.25) is 0 Å². The van der Waals surface area contributed by atoms with Crippen LogP contribution < -0.4 is 4.72 Å². The number of aromatic nitrogens is 1. The van der Waals surface area contributed by atoms with Crippen LogP contribution in [0.5, 0.6) is 0 Å². The average Bonchev–Trinajstić information content (AvgIpc) is 2.57. The summed E-state index contributed by atoms with van der Waals surface area (Å²) in [6.07, 6.45) is 4.41. The molecule has 0 aliphatic carbocycles. The van der Waals surface area contributed by atoms with Crippen LogP contribution in [0.25, 0.3) is 0 Å². The largest absolute Gasteiger partial charge is 0.367 e. The van der Waals surface area contributed by atoms with Crippen LogP contribution in [0.15, 0.2) is 18.5 Å². The highest BCUT2D eigenvalue weighted by Crippen LogP contribution is 1.96. The highest BCUT2D eigenvalue weighted by molar-refractivity contribution is 7.89. The first-order valence-corrected chi connectivity index (χ1v) is 5.88. The fourth-order valence-corrected chi connectivity index (χ4v) is 1.58. The second kappa shape index (κ2) is 4.43. The molecule has 0 aromatic carbocycles. The molecule has 1 heterocycles. The van der Waals surface area contributed by atoms with Crippen LogP contribution in [-0.4, -0.2) is 25.7 Å². The van der Waals surface area contributed by atoms with Crippen molar-refractivity contribution in [1.29, 1.82) is 0 Å². The molecule has 0 unspecified atom stereocenters. The molecule has 1 rings (SSSR count). The highest BCUT2D eigenvalue weighted by Gasteiger charge is 2.04. The lowest BCUT2D eigenvalue weighted by atomic mass is 10.2. The quantitative estimate of drug-likeness (QED) is 0.730. The van der Waals surface area contributed by atoms with Gasteiger partial charge in [0.25, 0.3) is 0 Å². The molecule has 0 aliphatic rings. The van der Waals surface area contributed by atoms with Crippen molar-refractivity contribution in [3.8, 4) is 0 Å². The molecule has 13 heavy (non-hydrogen) atoms. The molecule has 0 fully saturated rings. The maximum Gasteiger partial charge on any atom is 0.211 e. The van der Waals surface area contributed by atoms with E-state index in [0.29, 0.717) is 6.54 Å². The third-order valence-electron chi connectivity index (χ3n) is 1.78. The number of hydrogen-bond acceptors (Lipinski definition) is 2. The van der Waals surface area contributed by atoms with E-state index in [4.69, 9.17) is 0 Å². The lowest BCUT2D eigenvalue weighted by Crippen LogP contribution is -2.27. The van der Waals surface area contributed by atoms with Crippen molar-refractivity contribution in [3.05, 3.63) is 24.0 Å². The van der Waals surface area contributed by atoms with Gasteiger partial charge in [-0.2, -0.15) is 0 Å². The van der Waals surface area contributed by atoms with Crippen molar-refractivity contribution in [2.45, 2.75) is 13.3 Å². The molecule has 74 valence electrons. The monoisotopic (exact) mass is 202 g/mol. The topological polar surface area (TPSA) is 62.0 Å². The minimum Gasteiger partial charge on any atom is -0.367 e. The number of sulfonamides is 1. The molecule has 0 bridgehead atoms. The second-order valence-electron chi connectivity index (χ2n) is 2.77. The van der Waals surface area contributed by atoms with Crippen LogP contribution in [0.4, 0.5) is 0 Å². The molecule has 0 aliphatic heterocycles. The lowest BCUT2D eigenvalue weighted by Gasteiger charge is -2.02. The Bertz CT molecular complexity index is 329. The molecule has 0 atom stereocenters. The Morgan fingerprint density at radius 1 is 1.54 bits per heavy atom. The van der Waals surface area contributed by atoms with Gasteiger partial charge in [0.1, 0.15) is 0 Å². The zero-order valence-corrected chi connectivity index (χ0v) is 8.39. The van der Waals surface area contributed by atoms with Gasteiger partial charge in [-0.1, -0.05) is 0 Å². The fourth-order valence-electron chi connectivity index (χ4n) is 0.967. The van der Waals surface area contributed by atoms with Gasteiger partial charge in [0.05, 0.1) is 5.75 Å². The molecule has 4 nitrogen and oxygen atoms in total. The molecule has 0 radical (unpaired) electrons. The van der Waals surface area contributed by atoms with Gasteiger partial charge in [0, 0.05) is 18.9 Å². The van der Waals surface area contributed by atoms with Crippen molar-refractivity contribution < 1.29 is 8.42 Å². The predicted molar refractivity (Wildman–Crippen MR) is 52.0 cm³/mol. The standard InChI is InChI=1S/C8H14N2O2S/c1-2-13(11,12)10-6-4-8-3-5-9-7-8/h3,5,7,9-10H,2,4,6H2,1H3. The van der Waals surface area contributed by atoms with E-state index in [0.717, 1.165) is 12.0 Å². The molecule has 1 aromatic heterocycles. The SMILES string of the molecule is CCS(=O)(=O)NCCc1cc[nH]c1. The Labute approximate surface area is 78.4 Å². The van der Waals surface area contributed by atoms with Gasteiger partial charge >= 0.3 is 0 Å². The fraction of sp³-hybridized carbons (Fsp3) is 0.500. The number of hydrogen-bond donors (Lipinski definition) is 2. The van der Waals surface area contributed by atoms with E-state index in [1.54, 1.807) is 6.92 Å². The zero-order chi connectivity index (χ0) is 9.73. The first kappa shape index (κ1) is 10.3. The van der Waals surface area contributed by atoms with E-state index in [1.807, 2.05) is 18.5 Å². The molecule has 0 amide bonds. The van der Waals surface area contributed by atoms with Crippen LogP contribution in [0.2, 0.25) is 0 Å². The van der Waals surface area contributed by atoms with E-state index in [2.05, 4.69) is 9.71 Å². The van der Waals surface area contributed by atoms with Crippen LogP contribution in [-0.2, 0) is 16.4 Å². The Kier molecular flexibility index (Phi) is 3.50. The molecular weight excluding hydrogens is 188 g/mol. The Morgan fingerprint density at radius 2 is 2.31 bits per heavy atom. The van der Waals surface area contributed by atoms with Crippen molar-refractivity contribution in [2.24, 2.45) is 0 Å². The summed E-state index contributed by atoms with van der Waals surface area (Å²) in [5.41, 5.74) is 1.11. The van der Waals surface area contributed by atoms with Gasteiger partial charge in [0.2, 0.25) is 10.0 Å². The maximum absolute atomic E-state index is 11.0. The van der Waals surface area contributed by atoms with E-state index in [-0.39, 0.29) is 5.75 Å². The van der Waals surface area contributed by atoms with Gasteiger partial charge in [0.15, 0.2) is 0 Å². The summed E-state index contributed by atoms with van der Waals surface area (Å²) in [5, 5.41) is 0. The first-order valence-electron chi connectivity index (χ1n) is 4.23. The molecule has 5 heteroatoms. The van der Waals surface area contributed by atoms with Crippen LogP contribution in [0.1, 0.15) is 12.5 Å². The third kappa shape index (κ3) is 3.61. The van der Waals surface area contributed by atoms with Crippen LogP contribution >= 0.6 is 0 Å². The van der Waals surface area contributed by atoms with Crippen LogP contribution in [0, 0.1) is 0 Å².